The fourth-order valence-corrected chi connectivity index (χ4v) is 2.61. The Bertz CT molecular complexity index is 464. The Morgan fingerprint density at radius 2 is 2.26 bits per heavy atom. The number of hydrogen-bond acceptors (Lipinski definition) is 4. The number of halogens is 1. The van der Waals surface area contributed by atoms with Crippen molar-refractivity contribution in [3.63, 3.8) is 0 Å². The van der Waals surface area contributed by atoms with Gasteiger partial charge in [0.05, 0.1) is 18.2 Å². The molecule has 1 aromatic rings. The van der Waals surface area contributed by atoms with Gasteiger partial charge in [-0.25, -0.2) is 0 Å². The Hall–Kier alpha value is -1.28. The van der Waals surface area contributed by atoms with Crippen molar-refractivity contribution in [3.05, 3.63) is 28.8 Å². The third kappa shape index (κ3) is 3.38. The van der Waals surface area contributed by atoms with Crippen LogP contribution in [0.25, 0.3) is 0 Å². The molecule has 0 aliphatic carbocycles. The van der Waals surface area contributed by atoms with Gasteiger partial charge in [0.25, 0.3) is 0 Å². The van der Waals surface area contributed by atoms with E-state index in [0.717, 1.165) is 38.2 Å². The maximum Gasteiger partial charge on any atom is 0.137 e. The Kier molecular flexibility index (Phi) is 5.03. The van der Waals surface area contributed by atoms with Crippen LogP contribution >= 0.6 is 11.6 Å². The largest absolute Gasteiger partial charge is 0.495 e. The number of hydrogen-bond donors (Lipinski definition) is 1. The first kappa shape index (κ1) is 14.1. The summed E-state index contributed by atoms with van der Waals surface area (Å²) in [7, 11) is 1.59. The van der Waals surface area contributed by atoms with Crippen LogP contribution in [0, 0.1) is 11.3 Å². The molecule has 0 radical (unpaired) electrons. The smallest absolute Gasteiger partial charge is 0.137 e. The van der Waals surface area contributed by atoms with E-state index in [1.165, 1.54) is 0 Å². The molecule has 1 N–H and O–H groups in total. The molecule has 5 heteroatoms. The van der Waals surface area contributed by atoms with Crippen LogP contribution < -0.4 is 10.1 Å². The maximum absolute atomic E-state index is 9.45. The molecule has 1 aromatic carbocycles. The summed E-state index contributed by atoms with van der Waals surface area (Å²) in [5.41, 5.74) is 0.926. The molecule has 0 bridgehead atoms. The second-order valence-corrected chi connectivity index (χ2v) is 4.97. The minimum absolute atomic E-state index is 0.247. The lowest BCUT2D eigenvalue weighted by atomic mass is 10.1. The highest BCUT2D eigenvalue weighted by Gasteiger charge is 2.21. The summed E-state index contributed by atoms with van der Waals surface area (Å²) in [5, 5.41) is 13.3. The molecular weight excluding hydrogens is 262 g/mol. The van der Waals surface area contributed by atoms with Gasteiger partial charge in [-0.15, -0.1) is 0 Å². The van der Waals surface area contributed by atoms with E-state index in [2.05, 4.69) is 16.3 Å². The van der Waals surface area contributed by atoms with Crippen molar-refractivity contribution in [2.45, 2.75) is 12.5 Å². The fraction of sp³-hybridized carbons (Fsp3) is 0.500. The zero-order valence-electron chi connectivity index (χ0n) is 11.0. The van der Waals surface area contributed by atoms with Gasteiger partial charge in [-0.1, -0.05) is 17.7 Å². The van der Waals surface area contributed by atoms with E-state index in [1.807, 2.05) is 18.2 Å². The Morgan fingerprint density at radius 3 is 2.95 bits per heavy atom. The topological polar surface area (TPSA) is 48.3 Å². The summed E-state index contributed by atoms with van der Waals surface area (Å²) < 4.78 is 5.14. The van der Waals surface area contributed by atoms with E-state index in [-0.39, 0.29) is 6.04 Å². The van der Waals surface area contributed by atoms with Crippen molar-refractivity contribution >= 4 is 11.6 Å². The molecule has 1 saturated heterocycles. The second-order valence-electron chi connectivity index (χ2n) is 4.57. The molecule has 4 nitrogen and oxygen atoms in total. The number of benzene rings is 1. The zero-order valence-corrected chi connectivity index (χ0v) is 11.8. The third-order valence-electron chi connectivity index (χ3n) is 3.35. The number of nitriles is 1. The van der Waals surface area contributed by atoms with Gasteiger partial charge in [-0.2, -0.15) is 5.26 Å². The number of methoxy groups -OCH3 is 1. The minimum Gasteiger partial charge on any atom is -0.495 e. The molecule has 0 amide bonds. The summed E-state index contributed by atoms with van der Waals surface area (Å²) >= 11 is 6.14. The highest BCUT2D eigenvalue weighted by atomic mass is 35.5. The Morgan fingerprint density at radius 1 is 1.42 bits per heavy atom. The van der Waals surface area contributed by atoms with Crippen LogP contribution in [-0.2, 0) is 0 Å². The van der Waals surface area contributed by atoms with Gasteiger partial charge < -0.3 is 10.1 Å². The van der Waals surface area contributed by atoms with Gasteiger partial charge in [0, 0.05) is 19.6 Å². The molecule has 1 unspecified atom stereocenters. The lowest BCUT2D eigenvalue weighted by Crippen LogP contribution is -2.31. The number of rotatable bonds is 3. The van der Waals surface area contributed by atoms with Crippen LogP contribution in [0.15, 0.2) is 18.2 Å². The van der Waals surface area contributed by atoms with Crippen molar-refractivity contribution in [2.75, 3.05) is 33.3 Å². The normalized spacial score (nSPS) is 18.4. The molecule has 0 spiro atoms. The number of ether oxygens (including phenoxy) is 1. The summed E-state index contributed by atoms with van der Waals surface area (Å²) in [6.07, 6.45) is 1.06. The number of nitrogens with zero attached hydrogens (tertiary/aromatic N) is 2. The highest BCUT2D eigenvalue weighted by molar-refractivity contribution is 6.32. The molecule has 1 atom stereocenters. The Labute approximate surface area is 118 Å². The Balaban J connectivity index is 2.21. The molecule has 1 fully saturated rings. The van der Waals surface area contributed by atoms with Gasteiger partial charge in [0.1, 0.15) is 11.8 Å². The first-order valence-electron chi connectivity index (χ1n) is 6.44. The van der Waals surface area contributed by atoms with Gasteiger partial charge in [0.2, 0.25) is 0 Å². The zero-order chi connectivity index (χ0) is 13.7. The lowest BCUT2D eigenvalue weighted by molar-refractivity contribution is 0.252. The van der Waals surface area contributed by atoms with Crippen molar-refractivity contribution in [3.8, 4) is 11.8 Å². The molecule has 1 heterocycles. The molecule has 1 aliphatic heterocycles. The van der Waals surface area contributed by atoms with Crippen molar-refractivity contribution < 1.29 is 4.74 Å². The minimum atomic E-state index is -0.247. The average Bonchev–Trinajstić information content (AvgIpc) is 2.69. The third-order valence-corrected chi connectivity index (χ3v) is 3.65. The maximum atomic E-state index is 9.45. The van der Waals surface area contributed by atoms with Crippen LogP contribution in [0.5, 0.6) is 5.75 Å². The van der Waals surface area contributed by atoms with Crippen molar-refractivity contribution in [1.29, 1.82) is 5.26 Å². The van der Waals surface area contributed by atoms with E-state index in [1.54, 1.807) is 7.11 Å². The molecule has 2 rings (SSSR count). The fourth-order valence-electron chi connectivity index (χ4n) is 2.34. The second kappa shape index (κ2) is 6.76. The molecule has 102 valence electrons. The molecule has 19 heavy (non-hydrogen) atoms. The van der Waals surface area contributed by atoms with E-state index in [0.29, 0.717) is 10.8 Å². The summed E-state index contributed by atoms with van der Waals surface area (Å²) in [6, 6.07) is 7.69. The SMILES string of the molecule is COc1ccc(C(C#N)N2CCCNCC2)cc1Cl. The average molecular weight is 280 g/mol. The van der Waals surface area contributed by atoms with Gasteiger partial charge in [0.15, 0.2) is 0 Å². The van der Waals surface area contributed by atoms with Crippen LogP contribution in [-0.4, -0.2) is 38.2 Å². The molecule has 0 aromatic heterocycles. The van der Waals surface area contributed by atoms with E-state index >= 15 is 0 Å². The van der Waals surface area contributed by atoms with Crippen LogP contribution in [0.3, 0.4) is 0 Å². The first-order valence-corrected chi connectivity index (χ1v) is 6.82. The van der Waals surface area contributed by atoms with E-state index in [9.17, 15) is 5.26 Å². The summed E-state index contributed by atoms with van der Waals surface area (Å²) in [5.74, 6) is 0.639. The van der Waals surface area contributed by atoms with E-state index < -0.39 is 0 Å². The molecular formula is C14H18ClN3O. The van der Waals surface area contributed by atoms with Crippen molar-refractivity contribution in [2.24, 2.45) is 0 Å². The monoisotopic (exact) mass is 279 g/mol. The van der Waals surface area contributed by atoms with E-state index in [4.69, 9.17) is 16.3 Å². The number of nitrogens with one attached hydrogen (secondary N) is 1. The van der Waals surface area contributed by atoms with Crippen LogP contribution in [0.4, 0.5) is 0 Å². The van der Waals surface area contributed by atoms with Crippen LogP contribution in [0.1, 0.15) is 18.0 Å². The predicted molar refractivity (Wildman–Crippen MR) is 75.4 cm³/mol. The quantitative estimate of drug-likeness (QED) is 0.922. The lowest BCUT2D eigenvalue weighted by Gasteiger charge is -2.25. The highest BCUT2D eigenvalue weighted by Crippen LogP contribution is 2.29. The molecule has 0 saturated carbocycles. The predicted octanol–water partition coefficient (Wildman–Crippen LogP) is 2.21. The van der Waals surface area contributed by atoms with Gasteiger partial charge in [-0.3, -0.25) is 4.90 Å². The first-order chi connectivity index (χ1) is 9.26. The van der Waals surface area contributed by atoms with Gasteiger partial charge >= 0.3 is 0 Å². The summed E-state index contributed by atoms with van der Waals surface area (Å²) in [4.78, 5) is 2.19. The van der Waals surface area contributed by atoms with Crippen LogP contribution in [0.2, 0.25) is 5.02 Å². The summed E-state index contributed by atoms with van der Waals surface area (Å²) in [6.45, 7) is 3.73. The molecule has 1 aliphatic rings. The van der Waals surface area contributed by atoms with Crippen molar-refractivity contribution in [1.82, 2.24) is 10.2 Å². The standard InChI is InChI=1S/C14H18ClN3O/c1-19-14-4-3-11(9-12(14)15)13(10-16)18-7-2-5-17-6-8-18/h3-4,9,13,17H,2,5-8H2,1H3. The van der Waals surface area contributed by atoms with Gasteiger partial charge in [-0.05, 0) is 30.7 Å².